The summed E-state index contributed by atoms with van der Waals surface area (Å²) in [4.78, 5) is 16.5. The van der Waals surface area contributed by atoms with E-state index in [2.05, 4.69) is 36.8 Å². The smallest absolute Gasteiger partial charge is 0.343 e. The fraction of sp³-hybridized carbons (Fsp3) is 0. The third-order valence-corrected chi connectivity index (χ3v) is 4.27. The van der Waals surface area contributed by atoms with Crippen LogP contribution >= 0.6 is 31.9 Å². The van der Waals surface area contributed by atoms with Crippen LogP contribution in [0.25, 0.3) is 10.9 Å². The van der Waals surface area contributed by atoms with Crippen LogP contribution in [-0.4, -0.2) is 11.0 Å². The summed E-state index contributed by atoms with van der Waals surface area (Å²) in [5, 5.41) is 0.826. The van der Waals surface area contributed by atoms with E-state index in [-0.39, 0.29) is 5.56 Å². The number of benzene rings is 2. The van der Waals surface area contributed by atoms with Crippen LogP contribution in [0.4, 0.5) is 4.39 Å². The molecule has 0 spiro atoms. The average Bonchev–Trinajstić information content (AvgIpc) is 2.52. The molecule has 6 heteroatoms. The zero-order chi connectivity index (χ0) is 15.7. The van der Waals surface area contributed by atoms with Gasteiger partial charge >= 0.3 is 5.97 Å². The minimum atomic E-state index is -0.574. The Labute approximate surface area is 142 Å². The van der Waals surface area contributed by atoms with Crippen LogP contribution in [0.2, 0.25) is 0 Å². The Kier molecular flexibility index (Phi) is 4.22. The molecule has 0 N–H and O–H groups in total. The van der Waals surface area contributed by atoms with Gasteiger partial charge in [0.15, 0.2) is 5.75 Å². The number of aromatic nitrogens is 1. The van der Waals surface area contributed by atoms with E-state index in [0.717, 1.165) is 9.86 Å². The molecule has 0 amide bonds. The molecule has 0 unspecified atom stereocenters. The molecule has 0 aliphatic heterocycles. The lowest BCUT2D eigenvalue weighted by atomic mass is 10.2. The molecule has 1 heterocycles. The van der Waals surface area contributed by atoms with E-state index in [1.165, 1.54) is 24.3 Å². The maximum absolute atomic E-state index is 12.9. The summed E-state index contributed by atoms with van der Waals surface area (Å²) >= 11 is 6.82. The zero-order valence-electron chi connectivity index (χ0n) is 11.0. The molecule has 3 aromatic rings. The number of carbonyl (C=O) groups is 1. The minimum Gasteiger partial charge on any atom is -0.419 e. The van der Waals surface area contributed by atoms with Crippen molar-refractivity contribution in [3.8, 4) is 5.75 Å². The van der Waals surface area contributed by atoms with Gasteiger partial charge in [0.05, 0.1) is 10.0 Å². The summed E-state index contributed by atoms with van der Waals surface area (Å²) in [5.41, 5.74) is 0.819. The number of pyridine rings is 1. The highest BCUT2D eigenvalue weighted by atomic mass is 79.9. The van der Waals surface area contributed by atoms with E-state index in [0.29, 0.717) is 15.7 Å². The lowest BCUT2D eigenvalue weighted by molar-refractivity contribution is 0.0735. The second-order valence-corrected chi connectivity index (χ2v) is 6.17. The zero-order valence-corrected chi connectivity index (χ0v) is 14.2. The first-order chi connectivity index (χ1) is 10.6. The van der Waals surface area contributed by atoms with Crippen molar-refractivity contribution >= 4 is 48.7 Å². The lowest BCUT2D eigenvalue weighted by Gasteiger charge is -2.10. The minimum absolute atomic E-state index is 0.264. The SMILES string of the molecule is O=C(Oc1c(Br)cc(Br)c2cccnc12)c1ccc(F)cc1. The molecule has 110 valence electrons. The molecule has 0 fully saturated rings. The van der Waals surface area contributed by atoms with Crippen molar-refractivity contribution < 1.29 is 13.9 Å². The van der Waals surface area contributed by atoms with Crippen LogP contribution in [-0.2, 0) is 0 Å². The van der Waals surface area contributed by atoms with Crippen molar-refractivity contribution in [2.75, 3.05) is 0 Å². The van der Waals surface area contributed by atoms with Gasteiger partial charge in [-0.25, -0.2) is 9.18 Å². The number of hydrogen-bond acceptors (Lipinski definition) is 3. The van der Waals surface area contributed by atoms with Crippen LogP contribution in [0.3, 0.4) is 0 Å². The maximum atomic E-state index is 12.9. The van der Waals surface area contributed by atoms with E-state index in [9.17, 15) is 9.18 Å². The second kappa shape index (κ2) is 6.14. The monoisotopic (exact) mass is 423 g/mol. The quantitative estimate of drug-likeness (QED) is 0.423. The van der Waals surface area contributed by atoms with Gasteiger partial charge in [0, 0.05) is 16.1 Å². The van der Waals surface area contributed by atoms with Crippen molar-refractivity contribution in [3.63, 3.8) is 0 Å². The number of rotatable bonds is 2. The van der Waals surface area contributed by atoms with Crippen LogP contribution in [0.5, 0.6) is 5.75 Å². The predicted molar refractivity (Wildman–Crippen MR) is 88.5 cm³/mol. The highest BCUT2D eigenvalue weighted by molar-refractivity contribution is 9.11. The Bertz CT molecular complexity index is 866. The Balaban J connectivity index is 2.03. The summed E-state index contributed by atoms with van der Waals surface area (Å²) in [6.07, 6.45) is 1.62. The fourth-order valence-electron chi connectivity index (χ4n) is 1.98. The van der Waals surface area contributed by atoms with E-state index in [4.69, 9.17) is 4.74 Å². The van der Waals surface area contributed by atoms with Gasteiger partial charge in [-0.1, -0.05) is 22.0 Å². The van der Waals surface area contributed by atoms with Crippen molar-refractivity contribution in [2.45, 2.75) is 0 Å². The molecule has 0 bridgehead atoms. The first-order valence-corrected chi connectivity index (χ1v) is 7.85. The number of nitrogens with zero attached hydrogens (tertiary/aromatic N) is 1. The number of ether oxygens (including phenoxy) is 1. The summed E-state index contributed by atoms with van der Waals surface area (Å²) in [7, 11) is 0. The van der Waals surface area contributed by atoms with Gasteiger partial charge in [-0.05, 0) is 52.3 Å². The standard InChI is InChI=1S/C16H8Br2FNO2/c17-12-8-13(18)15(14-11(12)2-1-7-20-14)22-16(21)9-3-5-10(19)6-4-9/h1-8H. The third-order valence-electron chi connectivity index (χ3n) is 3.03. The summed E-state index contributed by atoms with van der Waals surface area (Å²) in [6.45, 7) is 0. The molecule has 3 rings (SSSR count). The normalized spacial score (nSPS) is 10.7. The Morgan fingerprint density at radius 1 is 1.09 bits per heavy atom. The van der Waals surface area contributed by atoms with Crippen LogP contribution in [0, 0.1) is 5.82 Å². The molecule has 22 heavy (non-hydrogen) atoms. The second-order valence-electron chi connectivity index (χ2n) is 4.47. The number of hydrogen-bond donors (Lipinski definition) is 0. The van der Waals surface area contributed by atoms with Crippen molar-refractivity contribution in [1.29, 1.82) is 0 Å². The van der Waals surface area contributed by atoms with Gasteiger partial charge in [0.1, 0.15) is 11.3 Å². The molecule has 0 saturated heterocycles. The van der Waals surface area contributed by atoms with Gasteiger partial charge in [0.25, 0.3) is 0 Å². The van der Waals surface area contributed by atoms with E-state index < -0.39 is 11.8 Å². The Morgan fingerprint density at radius 3 is 2.55 bits per heavy atom. The van der Waals surface area contributed by atoms with Crippen LogP contribution < -0.4 is 4.74 Å². The largest absolute Gasteiger partial charge is 0.419 e. The molecule has 2 aromatic carbocycles. The molecule has 0 aliphatic rings. The molecular formula is C16H8Br2FNO2. The molecule has 3 nitrogen and oxygen atoms in total. The molecule has 0 radical (unpaired) electrons. The Morgan fingerprint density at radius 2 is 1.82 bits per heavy atom. The van der Waals surface area contributed by atoms with E-state index in [1.807, 2.05) is 6.07 Å². The number of fused-ring (bicyclic) bond motifs is 1. The fourth-order valence-corrected chi connectivity index (χ4v) is 3.34. The van der Waals surface area contributed by atoms with Gasteiger partial charge in [-0.3, -0.25) is 4.98 Å². The van der Waals surface area contributed by atoms with Gasteiger partial charge in [-0.2, -0.15) is 0 Å². The average molecular weight is 425 g/mol. The lowest BCUT2D eigenvalue weighted by Crippen LogP contribution is -2.09. The van der Waals surface area contributed by atoms with E-state index in [1.54, 1.807) is 18.3 Å². The summed E-state index contributed by atoms with van der Waals surface area (Å²) in [6, 6.07) is 10.6. The third kappa shape index (κ3) is 2.89. The van der Waals surface area contributed by atoms with Crippen LogP contribution in [0.1, 0.15) is 10.4 Å². The van der Waals surface area contributed by atoms with Crippen molar-refractivity contribution in [2.24, 2.45) is 0 Å². The maximum Gasteiger partial charge on any atom is 0.343 e. The Hall–Kier alpha value is -1.79. The highest BCUT2D eigenvalue weighted by Crippen LogP contribution is 2.37. The van der Waals surface area contributed by atoms with Crippen LogP contribution in [0.15, 0.2) is 57.6 Å². The molecular weight excluding hydrogens is 417 g/mol. The first-order valence-electron chi connectivity index (χ1n) is 6.27. The molecule has 0 aliphatic carbocycles. The summed E-state index contributed by atoms with van der Waals surface area (Å²) < 4.78 is 19.8. The van der Waals surface area contributed by atoms with Gasteiger partial charge in [0.2, 0.25) is 0 Å². The predicted octanol–water partition coefficient (Wildman–Crippen LogP) is 5.12. The van der Waals surface area contributed by atoms with E-state index >= 15 is 0 Å². The number of esters is 1. The summed E-state index contributed by atoms with van der Waals surface area (Å²) in [5.74, 6) is -0.656. The highest BCUT2D eigenvalue weighted by Gasteiger charge is 2.16. The molecule has 0 atom stereocenters. The molecule has 1 aromatic heterocycles. The molecule has 0 saturated carbocycles. The number of halogens is 3. The van der Waals surface area contributed by atoms with Crippen molar-refractivity contribution in [3.05, 3.63) is 69.0 Å². The van der Waals surface area contributed by atoms with Gasteiger partial charge in [-0.15, -0.1) is 0 Å². The number of carbonyl (C=O) groups excluding carboxylic acids is 1. The first kappa shape index (κ1) is 15.1. The van der Waals surface area contributed by atoms with Gasteiger partial charge < -0.3 is 4.74 Å². The van der Waals surface area contributed by atoms with Crippen molar-refractivity contribution in [1.82, 2.24) is 4.98 Å². The topological polar surface area (TPSA) is 39.2 Å².